The van der Waals surface area contributed by atoms with Crippen LogP contribution in [0.5, 0.6) is 0 Å². The Morgan fingerprint density at radius 3 is 2.81 bits per heavy atom. The first-order chi connectivity index (χ1) is 7.75. The minimum atomic E-state index is 0.511. The van der Waals surface area contributed by atoms with Gasteiger partial charge >= 0.3 is 0 Å². The van der Waals surface area contributed by atoms with E-state index in [1.807, 2.05) is 6.20 Å². The number of anilines is 1. The zero-order valence-corrected chi connectivity index (χ0v) is 10.2. The van der Waals surface area contributed by atoms with Crippen LogP contribution >= 0.6 is 0 Å². The van der Waals surface area contributed by atoms with Gasteiger partial charge in [0.2, 0.25) is 0 Å². The monoisotopic (exact) mass is 219 g/mol. The van der Waals surface area contributed by atoms with Crippen LogP contribution in [0.2, 0.25) is 0 Å². The smallest absolute Gasteiger partial charge is 0.0562 e. The van der Waals surface area contributed by atoms with Crippen molar-refractivity contribution in [2.24, 2.45) is 0 Å². The maximum Gasteiger partial charge on any atom is 0.0562 e. The molecule has 16 heavy (non-hydrogen) atoms. The Bertz CT molecular complexity index is 330. The summed E-state index contributed by atoms with van der Waals surface area (Å²) in [5.41, 5.74) is 2.46. The second kappa shape index (κ2) is 5.30. The summed E-state index contributed by atoms with van der Waals surface area (Å²) in [5, 5.41) is 3.40. The molecule has 1 saturated heterocycles. The van der Waals surface area contributed by atoms with Crippen LogP contribution in [0.25, 0.3) is 0 Å². The summed E-state index contributed by atoms with van der Waals surface area (Å²) in [6.07, 6.45) is 4.56. The number of pyridine rings is 1. The molecule has 1 N–H and O–H groups in total. The van der Waals surface area contributed by atoms with Gasteiger partial charge in [0, 0.05) is 37.6 Å². The molecule has 0 aromatic carbocycles. The molecule has 88 valence electrons. The van der Waals surface area contributed by atoms with E-state index in [1.165, 1.54) is 31.6 Å². The predicted octanol–water partition coefficient (Wildman–Crippen LogP) is 2.18. The maximum atomic E-state index is 4.39. The first-order valence-corrected chi connectivity index (χ1v) is 6.19. The fourth-order valence-corrected chi connectivity index (χ4v) is 2.04. The van der Waals surface area contributed by atoms with Crippen LogP contribution < -0.4 is 10.2 Å². The van der Waals surface area contributed by atoms with Gasteiger partial charge in [-0.2, -0.15) is 0 Å². The van der Waals surface area contributed by atoms with E-state index >= 15 is 0 Å². The molecule has 1 aliphatic heterocycles. The first-order valence-electron chi connectivity index (χ1n) is 6.19. The molecule has 0 amide bonds. The van der Waals surface area contributed by atoms with E-state index in [2.05, 4.69) is 41.2 Å². The molecule has 1 aliphatic rings. The highest BCUT2D eigenvalue weighted by Crippen LogP contribution is 2.19. The largest absolute Gasteiger partial charge is 0.371 e. The molecule has 1 fully saturated rings. The number of nitrogens with one attached hydrogen (secondary N) is 1. The van der Waals surface area contributed by atoms with Crippen LogP contribution in [0.3, 0.4) is 0 Å². The lowest BCUT2D eigenvalue weighted by Gasteiger charge is -2.18. The molecule has 1 aromatic heterocycles. The third-order valence-electron chi connectivity index (χ3n) is 2.96. The van der Waals surface area contributed by atoms with Gasteiger partial charge in [0.15, 0.2) is 0 Å². The topological polar surface area (TPSA) is 28.2 Å². The summed E-state index contributed by atoms with van der Waals surface area (Å²) in [7, 11) is 0. The molecule has 0 aliphatic carbocycles. The molecule has 0 bridgehead atoms. The van der Waals surface area contributed by atoms with E-state index in [-0.39, 0.29) is 0 Å². The Morgan fingerprint density at radius 2 is 2.12 bits per heavy atom. The lowest BCUT2D eigenvalue weighted by atomic mass is 10.2. The average Bonchev–Trinajstić information content (AvgIpc) is 2.80. The molecule has 2 rings (SSSR count). The Labute approximate surface area is 97.9 Å². The molecule has 2 heterocycles. The normalized spacial score (nSPS) is 16.1. The molecule has 3 heteroatoms. The van der Waals surface area contributed by atoms with E-state index in [1.54, 1.807) is 0 Å². The maximum absolute atomic E-state index is 4.39. The lowest BCUT2D eigenvalue weighted by Crippen LogP contribution is -2.23. The van der Waals surface area contributed by atoms with Gasteiger partial charge in [-0.15, -0.1) is 0 Å². The van der Waals surface area contributed by atoms with Crippen LogP contribution in [0.1, 0.15) is 32.4 Å². The minimum absolute atomic E-state index is 0.511. The van der Waals surface area contributed by atoms with E-state index < -0.39 is 0 Å². The molecular formula is C13H21N3. The summed E-state index contributed by atoms with van der Waals surface area (Å²) in [5.74, 6) is 0. The van der Waals surface area contributed by atoms with Gasteiger partial charge in [-0.1, -0.05) is 13.8 Å². The molecule has 0 atom stereocenters. The summed E-state index contributed by atoms with van der Waals surface area (Å²) >= 11 is 0. The third-order valence-corrected chi connectivity index (χ3v) is 2.96. The fraction of sp³-hybridized carbons (Fsp3) is 0.615. The van der Waals surface area contributed by atoms with Crippen LogP contribution in [0.15, 0.2) is 18.3 Å². The van der Waals surface area contributed by atoms with Gasteiger partial charge in [0.1, 0.15) is 0 Å². The Balaban J connectivity index is 2.01. The number of aromatic nitrogens is 1. The SMILES string of the molecule is CC(C)NCc1cc(N2CCCC2)ccn1. The summed E-state index contributed by atoms with van der Waals surface area (Å²) in [6, 6.07) is 4.84. The van der Waals surface area contributed by atoms with Crippen LogP contribution in [0.4, 0.5) is 5.69 Å². The van der Waals surface area contributed by atoms with Crippen molar-refractivity contribution >= 4 is 5.69 Å². The van der Waals surface area contributed by atoms with Gasteiger partial charge in [-0.3, -0.25) is 4.98 Å². The van der Waals surface area contributed by atoms with Crippen LogP contribution in [-0.2, 0) is 6.54 Å². The highest BCUT2D eigenvalue weighted by molar-refractivity contribution is 5.47. The molecule has 0 unspecified atom stereocenters. The number of rotatable bonds is 4. The van der Waals surface area contributed by atoms with Crippen molar-refractivity contribution in [3.63, 3.8) is 0 Å². The number of hydrogen-bond donors (Lipinski definition) is 1. The second-order valence-electron chi connectivity index (χ2n) is 4.74. The van der Waals surface area contributed by atoms with E-state index in [4.69, 9.17) is 0 Å². The Kier molecular flexibility index (Phi) is 3.78. The quantitative estimate of drug-likeness (QED) is 0.841. The highest BCUT2D eigenvalue weighted by atomic mass is 15.1. The van der Waals surface area contributed by atoms with E-state index in [0.717, 1.165) is 12.2 Å². The van der Waals surface area contributed by atoms with Gasteiger partial charge in [0.25, 0.3) is 0 Å². The Morgan fingerprint density at radius 1 is 1.38 bits per heavy atom. The lowest BCUT2D eigenvalue weighted by molar-refractivity contribution is 0.581. The van der Waals surface area contributed by atoms with Crippen molar-refractivity contribution in [2.75, 3.05) is 18.0 Å². The minimum Gasteiger partial charge on any atom is -0.371 e. The van der Waals surface area contributed by atoms with Gasteiger partial charge < -0.3 is 10.2 Å². The summed E-state index contributed by atoms with van der Waals surface area (Å²) in [6.45, 7) is 7.57. The fourth-order valence-electron chi connectivity index (χ4n) is 2.04. The van der Waals surface area contributed by atoms with Gasteiger partial charge in [0.05, 0.1) is 5.69 Å². The van der Waals surface area contributed by atoms with Crippen molar-refractivity contribution in [2.45, 2.75) is 39.3 Å². The summed E-state index contributed by atoms with van der Waals surface area (Å²) < 4.78 is 0. The van der Waals surface area contributed by atoms with Crippen molar-refractivity contribution in [1.29, 1.82) is 0 Å². The van der Waals surface area contributed by atoms with Crippen LogP contribution in [-0.4, -0.2) is 24.1 Å². The Hall–Kier alpha value is -1.09. The van der Waals surface area contributed by atoms with Gasteiger partial charge in [-0.25, -0.2) is 0 Å². The van der Waals surface area contributed by atoms with Crippen molar-refractivity contribution < 1.29 is 0 Å². The molecule has 3 nitrogen and oxygen atoms in total. The zero-order chi connectivity index (χ0) is 11.4. The molecule has 0 saturated carbocycles. The molecule has 0 radical (unpaired) electrons. The predicted molar refractivity (Wildman–Crippen MR) is 67.7 cm³/mol. The average molecular weight is 219 g/mol. The van der Waals surface area contributed by atoms with Crippen LogP contribution in [0, 0.1) is 0 Å². The molecule has 0 spiro atoms. The molecular weight excluding hydrogens is 198 g/mol. The zero-order valence-electron chi connectivity index (χ0n) is 10.2. The third kappa shape index (κ3) is 2.95. The second-order valence-corrected chi connectivity index (χ2v) is 4.74. The van der Waals surface area contributed by atoms with Crippen molar-refractivity contribution in [1.82, 2.24) is 10.3 Å². The van der Waals surface area contributed by atoms with Crippen molar-refractivity contribution in [3.8, 4) is 0 Å². The van der Waals surface area contributed by atoms with Gasteiger partial charge in [-0.05, 0) is 25.0 Å². The standard InChI is InChI=1S/C13H21N3/c1-11(2)15-10-12-9-13(5-6-14-12)16-7-3-4-8-16/h5-6,9,11,15H,3-4,7-8,10H2,1-2H3. The van der Waals surface area contributed by atoms with E-state index in [9.17, 15) is 0 Å². The number of nitrogens with zero attached hydrogens (tertiary/aromatic N) is 2. The van der Waals surface area contributed by atoms with E-state index in [0.29, 0.717) is 6.04 Å². The first kappa shape index (κ1) is 11.4. The highest BCUT2D eigenvalue weighted by Gasteiger charge is 2.12. The summed E-state index contributed by atoms with van der Waals surface area (Å²) in [4.78, 5) is 6.84. The number of hydrogen-bond acceptors (Lipinski definition) is 3. The van der Waals surface area contributed by atoms with Crippen molar-refractivity contribution in [3.05, 3.63) is 24.0 Å². The molecule has 1 aromatic rings.